The van der Waals surface area contributed by atoms with E-state index in [1.807, 2.05) is 72.6 Å². The molecule has 0 aliphatic rings. The van der Waals surface area contributed by atoms with Crippen molar-refractivity contribution in [3.05, 3.63) is 70.4 Å². The van der Waals surface area contributed by atoms with Crippen LogP contribution in [0.3, 0.4) is 0 Å². The predicted molar refractivity (Wildman–Crippen MR) is 111 cm³/mol. The van der Waals surface area contributed by atoms with Gasteiger partial charge in [0.2, 0.25) is 0 Å². The number of ether oxygens (including phenoxy) is 1. The van der Waals surface area contributed by atoms with Crippen molar-refractivity contribution in [2.45, 2.75) is 31.4 Å². The molecule has 0 saturated carbocycles. The lowest BCUT2D eigenvalue weighted by molar-refractivity contribution is 0.290. The molecule has 4 aromatic rings. The van der Waals surface area contributed by atoms with E-state index in [-0.39, 0.29) is 0 Å². The number of hydrogen-bond acceptors (Lipinski definition) is 5. The molecule has 8 heteroatoms. The highest BCUT2D eigenvalue weighted by Gasteiger charge is 2.12. The summed E-state index contributed by atoms with van der Waals surface area (Å²) in [6.45, 7) is 4.29. The Balaban J connectivity index is 1.41. The largest absolute Gasteiger partial charge is 0.486 e. The third-order valence-corrected chi connectivity index (χ3v) is 6.12. The molecule has 0 fully saturated rings. The highest BCUT2D eigenvalue weighted by atomic mass is 35.5. The summed E-state index contributed by atoms with van der Waals surface area (Å²) in [6, 6.07) is 9.84. The maximum atomic E-state index is 6.22. The minimum atomic E-state index is 0.346. The first-order chi connectivity index (χ1) is 13.5. The summed E-state index contributed by atoms with van der Waals surface area (Å²) in [4.78, 5) is 4.61. The topological polar surface area (TPSA) is 57.2 Å². The summed E-state index contributed by atoms with van der Waals surface area (Å²) < 4.78 is 9.87. The van der Waals surface area contributed by atoms with Gasteiger partial charge in [-0.3, -0.25) is 0 Å². The van der Waals surface area contributed by atoms with Crippen LogP contribution in [0.1, 0.15) is 22.6 Å². The Morgan fingerprint density at radius 1 is 1.14 bits per heavy atom. The molecule has 0 saturated heterocycles. The molecule has 1 aromatic carbocycles. The van der Waals surface area contributed by atoms with Crippen LogP contribution in [0.5, 0.6) is 5.75 Å². The molecule has 0 radical (unpaired) electrons. The zero-order chi connectivity index (χ0) is 19.7. The van der Waals surface area contributed by atoms with E-state index in [0.717, 1.165) is 50.0 Å². The molecule has 0 N–H and O–H groups in total. The van der Waals surface area contributed by atoms with Gasteiger partial charge in [0.05, 0.1) is 5.69 Å². The van der Waals surface area contributed by atoms with Crippen molar-refractivity contribution < 1.29 is 4.74 Å². The third kappa shape index (κ3) is 3.86. The SMILES string of the molecule is Cc1cc(OCc2nnc(SCc3cn4ccccc4n3)n2C)cc(C)c1Cl. The number of halogens is 1. The summed E-state index contributed by atoms with van der Waals surface area (Å²) in [7, 11) is 1.95. The Bertz CT molecular complexity index is 1080. The molecular weight excluding hydrogens is 394 g/mol. The Labute approximate surface area is 172 Å². The number of aryl methyl sites for hydroxylation is 2. The van der Waals surface area contributed by atoms with Crippen LogP contribution in [-0.2, 0) is 19.4 Å². The van der Waals surface area contributed by atoms with Gasteiger partial charge in [-0.1, -0.05) is 29.4 Å². The first kappa shape index (κ1) is 18.8. The van der Waals surface area contributed by atoms with Crippen LogP contribution < -0.4 is 4.74 Å². The average Bonchev–Trinajstić information content (AvgIpc) is 3.25. The van der Waals surface area contributed by atoms with Crippen LogP contribution in [-0.4, -0.2) is 24.1 Å². The first-order valence-electron chi connectivity index (χ1n) is 8.84. The van der Waals surface area contributed by atoms with Gasteiger partial charge < -0.3 is 13.7 Å². The highest BCUT2D eigenvalue weighted by Crippen LogP contribution is 2.27. The lowest BCUT2D eigenvalue weighted by atomic mass is 10.1. The van der Waals surface area contributed by atoms with E-state index in [1.54, 1.807) is 11.8 Å². The second kappa shape index (κ2) is 7.85. The van der Waals surface area contributed by atoms with Crippen molar-refractivity contribution in [3.8, 4) is 5.75 Å². The van der Waals surface area contributed by atoms with Gasteiger partial charge in [0.15, 0.2) is 11.0 Å². The number of rotatable bonds is 6. The number of thioether (sulfide) groups is 1. The fourth-order valence-electron chi connectivity index (χ4n) is 2.93. The van der Waals surface area contributed by atoms with E-state index in [1.165, 1.54) is 0 Å². The van der Waals surface area contributed by atoms with Gasteiger partial charge in [-0.05, 0) is 49.2 Å². The van der Waals surface area contributed by atoms with Gasteiger partial charge in [-0.2, -0.15) is 0 Å². The van der Waals surface area contributed by atoms with Gasteiger partial charge in [-0.15, -0.1) is 10.2 Å². The Morgan fingerprint density at radius 3 is 2.68 bits per heavy atom. The molecule has 28 heavy (non-hydrogen) atoms. The number of benzene rings is 1. The number of fused-ring (bicyclic) bond motifs is 1. The molecule has 0 aliphatic heterocycles. The normalized spacial score (nSPS) is 11.3. The molecular formula is C20H20ClN5OS. The van der Waals surface area contributed by atoms with Crippen molar-refractivity contribution in [1.82, 2.24) is 24.1 Å². The average molecular weight is 414 g/mol. The maximum Gasteiger partial charge on any atom is 0.191 e. The zero-order valence-corrected chi connectivity index (χ0v) is 17.5. The minimum Gasteiger partial charge on any atom is -0.486 e. The molecule has 0 amide bonds. The summed E-state index contributed by atoms with van der Waals surface area (Å²) >= 11 is 7.82. The van der Waals surface area contributed by atoms with Crippen LogP contribution in [0.4, 0.5) is 0 Å². The lowest BCUT2D eigenvalue weighted by Crippen LogP contribution is -2.04. The minimum absolute atomic E-state index is 0.346. The van der Waals surface area contributed by atoms with Crippen LogP contribution in [0.2, 0.25) is 5.02 Å². The summed E-state index contributed by atoms with van der Waals surface area (Å²) in [5.74, 6) is 2.27. The van der Waals surface area contributed by atoms with Gasteiger partial charge in [0.25, 0.3) is 0 Å². The Kier molecular flexibility index (Phi) is 5.28. The molecule has 0 bridgehead atoms. The smallest absolute Gasteiger partial charge is 0.191 e. The van der Waals surface area contributed by atoms with Gasteiger partial charge in [0.1, 0.15) is 18.0 Å². The van der Waals surface area contributed by atoms with Crippen molar-refractivity contribution in [2.75, 3.05) is 0 Å². The summed E-state index contributed by atoms with van der Waals surface area (Å²) in [6.07, 6.45) is 4.03. The highest BCUT2D eigenvalue weighted by molar-refractivity contribution is 7.98. The molecule has 3 aromatic heterocycles. The standard InChI is InChI=1S/C20H20ClN5OS/c1-13-8-16(9-14(2)19(13)21)27-11-18-23-24-20(25(18)3)28-12-15-10-26-7-5-4-6-17(26)22-15/h4-10H,11-12H2,1-3H3. The van der Waals surface area contributed by atoms with E-state index >= 15 is 0 Å². The lowest BCUT2D eigenvalue weighted by Gasteiger charge is -2.10. The van der Waals surface area contributed by atoms with Crippen molar-refractivity contribution in [1.29, 1.82) is 0 Å². The Hall–Kier alpha value is -2.51. The molecule has 4 rings (SSSR count). The molecule has 0 spiro atoms. The van der Waals surface area contributed by atoms with E-state index < -0.39 is 0 Å². The zero-order valence-electron chi connectivity index (χ0n) is 15.9. The van der Waals surface area contributed by atoms with Crippen LogP contribution in [0.25, 0.3) is 5.65 Å². The fourth-order valence-corrected chi connectivity index (χ4v) is 3.85. The predicted octanol–water partition coefficient (Wildman–Crippen LogP) is 4.60. The van der Waals surface area contributed by atoms with Crippen LogP contribution >= 0.6 is 23.4 Å². The number of pyridine rings is 1. The Morgan fingerprint density at radius 2 is 1.93 bits per heavy atom. The molecule has 6 nitrogen and oxygen atoms in total. The second-order valence-corrected chi connectivity index (χ2v) is 7.93. The van der Waals surface area contributed by atoms with Gasteiger partial charge in [-0.25, -0.2) is 4.98 Å². The number of nitrogens with zero attached hydrogens (tertiary/aromatic N) is 5. The van der Waals surface area contributed by atoms with Crippen molar-refractivity contribution in [2.24, 2.45) is 7.05 Å². The third-order valence-electron chi connectivity index (χ3n) is 4.47. The summed E-state index contributed by atoms with van der Waals surface area (Å²) in [5.41, 5.74) is 3.94. The van der Waals surface area contributed by atoms with E-state index in [9.17, 15) is 0 Å². The van der Waals surface area contributed by atoms with Gasteiger partial charge in [0, 0.05) is 30.2 Å². The van der Waals surface area contributed by atoms with Crippen LogP contribution in [0, 0.1) is 13.8 Å². The monoisotopic (exact) mass is 413 g/mol. The molecule has 0 aliphatic carbocycles. The van der Waals surface area contributed by atoms with E-state index in [4.69, 9.17) is 16.3 Å². The van der Waals surface area contributed by atoms with E-state index in [2.05, 4.69) is 15.2 Å². The quantitative estimate of drug-likeness (QED) is 0.432. The second-order valence-electron chi connectivity index (χ2n) is 6.60. The molecule has 0 unspecified atom stereocenters. The number of imidazole rings is 1. The van der Waals surface area contributed by atoms with E-state index in [0.29, 0.717) is 6.61 Å². The molecule has 0 atom stereocenters. The van der Waals surface area contributed by atoms with Crippen molar-refractivity contribution in [3.63, 3.8) is 0 Å². The van der Waals surface area contributed by atoms with Crippen molar-refractivity contribution >= 4 is 29.0 Å². The summed E-state index contributed by atoms with van der Waals surface area (Å²) in [5, 5.41) is 10.2. The maximum absolute atomic E-state index is 6.22. The number of hydrogen-bond donors (Lipinski definition) is 0. The number of aromatic nitrogens is 5. The van der Waals surface area contributed by atoms with Gasteiger partial charge >= 0.3 is 0 Å². The van der Waals surface area contributed by atoms with Crippen LogP contribution in [0.15, 0.2) is 47.9 Å². The first-order valence-corrected chi connectivity index (χ1v) is 10.2. The molecule has 3 heterocycles. The fraction of sp³-hybridized carbons (Fsp3) is 0.250. The molecule has 144 valence electrons.